The molecule has 0 saturated carbocycles. The minimum absolute atomic E-state index is 0.141. The average Bonchev–Trinajstić information content (AvgIpc) is 2.16. The Balaban J connectivity index is 3.89. The van der Waals surface area contributed by atoms with E-state index in [1.807, 2.05) is 0 Å². The maximum absolute atomic E-state index is 11.7. The van der Waals surface area contributed by atoms with Gasteiger partial charge in [-0.15, -0.1) is 0 Å². The summed E-state index contributed by atoms with van der Waals surface area (Å²) in [6.45, 7) is 4.73. The fourth-order valence-electron chi connectivity index (χ4n) is 1.21. The third-order valence-corrected chi connectivity index (χ3v) is 3.87. The molecule has 16 heavy (non-hydrogen) atoms. The topological polar surface area (TPSA) is 72.8 Å². The van der Waals surface area contributed by atoms with Crippen LogP contribution in [0.3, 0.4) is 0 Å². The highest BCUT2D eigenvalue weighted by molar-refractivity contribution is 7.86. The first kappa shape index (κ1) is 15.5. The second kappa shape index (κ2) is 8.66. The molecule has 6 heteroatoms. The molecule has 0 heterocycles. The van der Waals surface area contributed by atoms with Gasteiger partial charge in [0, 0.05) is 23.7 Å². The molecule has 96 valence electrons. The molecule has 0 aromatic heterocycles. The molecule has 0 aromatic carbocycles. The Morgan fingerprint density at radius 3 is 2.38 bits per heavy atom. The van der Waals surface area contributed by atoms with Crippen molar-refractivity contribution in [3.05, 3.63) is 0 Å². The molecule has 0 rings (SSSR count). The maximum Gasteiger partial charge on any atom is 0.319 e. The van der Waals surface area contributed by atoms with Gasteiger partial charge in [0.2, 0.25) is 0 Å². The summed E-state index contributed by atoms with van der Waals surface area (Å²) in [6.07, 6.45) is 0. The van der Waals surface area contributed by atoms with Gasteiger partial charge in [-0.25, -0.2) is 0 Å². The molecule has 0 aliphatic carbocycles. The summed E-state index contributed by atoms with van der Waals surface area (Å²) < 4.78 is 21.6. The molecular weight excluding hydrogens is 232 g/mol. The lowest BCUT2D eigenvalue weighted by atomic mass is 10.1. The lowest BCUT2D eigenvalue weighted by Gasteiger charge is -2.15. The van der Waals surface area contributed by atoms with Gasteiger partial charge in [0.15, 0.2) is 0 Å². The lowest BCUT2D eigenvalue weighted by molar-refractivity contribution is -0.137. The maximum atomic E-state index is 11.7. The number of aliphatic carboxylic acids is 1. The van der Waals surface area contributed by atoms with Crippen LogP contribution in [0.4, 0.5) is 0 Å². The molecule has 0 aliphatic heterocycles. The van der Waals surface area contributed by atoms with Crippen LogP contribution in [0.5, 0.6) is 0 Å². The predicted molar refractivity (Wildman–Crippen MR) is 62.0 cm³/mol. The van der Waals surface area contributed by atoms with E-state index in [-0.39, 0.29) is 11.7 Å². The van der Waals surface area contributed by atoms with Gasteiger partial charge in [-0.05, 0) is 5.92 Å². The Kier molecular flexibility index (Phi) is 8.42. The summed E-state index contributed by atoms with van der Waals surface area (Å²) in [7, 11) is 0.181. The fraction of sp³-hybridized carbons (Fsp3) is 0.900. The van der Waals surface area contributed by atoms with E-state index in [4.69, 9.17) is 14.6 Å². The van der Waals surface area contributed by atoms with Crippen LogP contribution in [0.25, 0.3) is 0 Å². The highest BCUT2D eigenvalue weighted by Gasteiger charge is 2.27. The Labute approximate surface area is 98.6 Å². The zero-order chi connectivity index (χ0) is 12.6. The summed E-state index contributed by atoms with van der Waals surface area (Å²) >= 11 is 0. The number of methoxy groups -OCH3 is 1. The van der Waals surface area contributed by atoms with Gasteiger partial charge in [0.1, 0.15) is 5.25 Å². The van der Waals surface area contributed by atoms with E-state index in [1.54, 1.807) is 21.0 Å². The standard InChI is InChI=1S/C10H20O5S/c1-8(2)9(10(11)12)16(13)7-6-15-5-4-14-3/h8-9H,4-7H2,1-3H3,(H,11,12). The van der Waals surface area contributed by atoms with Crippen molar-refractivity contribution in [2.75, 3.05) is 32.7 Å². The Hall–Kier alpha value is -0.460. The quantitative estimate of drug-likeness (QED) is 0.605. The summed E-state index contributed by atoms with van der Waals surface area (Å²) in [6, 6.07) is 0. The van der Waals surface area contributed by atoms with Gasteiger partial charge in [-0.2, -0.15) is 0 Å². The zero-order valence-electron chi connectivity index (χ0n) is 9.97. The second-order valence-electron chi connectivity index (χ2n) is 3.69. The van der Waals surface area contributed by atoms with E-state index >= 15 is 0 Å². The number of carboxylic acids is 1. The van der Waals surface area contributed by atoms with E-state index in [1.165, 1.54) is 0 Å². The van der Waals surface area contributed by atoms with Crippen LogP contribution in [0, 0.1) is 5.92 Å². The molecule has 0 aromatic rings. The first-order valence-corrected chi connectivity index (χ1v) is 6.55. The molecule has 0 bridgehead atoms. The number of rotatable bonds is 9. The normalized spacial score (nSPS) is 15.0. The fourth-order valence-corrected chi connectivity index (χ4v) is 2.58. The summed E-state index contributed by atoms with van der Waals surface area (Å²) in [4.78, 5) is 10.9. The van der Waals surface area contributed by atoms with Crippen molar-refractivity contribution in [3.8, 4) is 0 Å². The van der Waals surface area contributed by atoms with E-state index in [2.05, 4.69) is 0 Å². The van der Waals surface area contributed by atoms with Crippen molar-refractivity contribution in [2.45, 2.75) is 19.1 Å². The van der Waals surface area contributed by atoms with Crippen molar-refractivity contribution in [2.24, 2.45) is 5.92 Å². The Morgan fingerprint density at radius 2 is 1.94 bits per heavy atom. The van der Waals surface area contributed by atoms with Crippen LogP contribution < -0.4 is 0 Å². The largest absolute Gasteiger partial charge is 0.480 e. The third kappa shape index (κ3) is 6.19. The third-order valence-electron chi connectivity index (χ3n) is 1.99. The summed E-state index contributed by atoms with van der Waals surface area (Å²) in [5.74, 6) is -0.902. The molecule has 0 radical (unpaired) electrons. The minimum Gasteiger partial charge on any atom is -0.480 e. The molecule has 0 saturated heterocycles. The Morgan fingerprint density at radius 1 is 1.31 bits per heavy atom. The van der Waals surface area contributed by atoms with Crippen LogP contribution in [-0.2, 0) is 25.1 Å². The smallest absolute Gasteiger partial charge is 0.319 e. The highest BCUT2D eigenvalue weighted by atomic mass is 32.2. The van der Waals surface area contributed by atoms with Crippen molar-refractivity contribution >= 4 is 16.8 Å². The van der Waals surface area contributed by atoms with Gasteiger partial charge < -0.3 is 14.6 Å². The lowest BCUT2D eigenvalue weighted by Crippen LogP contribution is -2.33. The first-order chi connectivity index (χ1) is 7.50. The molecule has 0 fully saturated rings. The van der Waals surface area contributed by atoms with E-state index in [0.29, 0.717) is 19.8 Å². The number of hydrogen-bond donors (Lipinski definition) is 1. The van der Waals surface area contributed by atoms with Crippen molar-refractivity contribution in [1.82, 2.24) is 0 Å². The van der Waals surface area contributed by atoms with E-state index in [0.717, 1.165) is 0 Å². The van der Waals surface area contributed by atoms with Crippen LogP contribution >= 0.6 is 0 Å². The number of carbonyl (C=O) groups is 1. The number of ether oxygens (including phenoxy) is 2. The molecule has 1 N–H and O–H groups in total. The minimum atomic E-state index is -1.39. The molecule has 5 nitrogen and oxygen atoms in total. The molecule has 0 amide bonds. The highest BCUT2D eigenvalue weighted by Crippen LogP contribution is 2.10. The average molecular weight is 252 g/mol. The van der Waals surface area contributed by atoms with Crippen molar-refractivity contribution in [3.63, 3.8) is 0 Å². The second-order valence-corrected chi connectivity index (χ2v) is 5.37. The Bertz CT molecular complexity index is 229. The van der Waals surface area contributed by atoms with E-state index < -0.39 is 22.0 Å². The molecule has 2 atom stereocenters. The van der Waals surface area contributed by atoms with Gasteiger partial charge in [-0.3, -0.25) is 9.00 Å². The van der Waals surface area contributed by atoms with Crippen LogP contribution in [0.2, 0.25) is 0 Å². The van der Waals surface area contributed by atoms with Gasteiger partial charge in [0.05, 0.1) is 19.8 Å². The number of hydrogen-bond acceptors (Lipinski definition) is 4. The van der Waals surface area contributed by atoms with Gasteiger partial charge in [0.25, 0.3) is 0 Å². The molecule has 2 unspecified atom stereocenters. The van der Waals surface area contributed by atoms with Crippen molar-refractivity contribution < 1.29 is 23.6 Å². The molecule has 0 aliphatic rings. The van der Waals surface area contributed by atoms with Crippen LogP contribution in [0.1, 0.15) is 13.8 Å². The van der Waals surface area contributed by atoms with Crippen LogP contribution in [0.15, 0.2) is 0 Å². The monoisotopic (exact) mass is 252 g/mol. The predicted octanol–water partition coefficient (Wildman–Crippen LogP) is 0.507. The zero-order valence-corrected chi connectivity index (χ0v) is 10.8. The first-order valence-electron chi connectivity index (χ1n) is 5.17. The molecule has 0 spiro atoms. The number of carboxylic acid groups (broad SMARTS) is 1. The van der Waals surface area contributed by atoms with Crippen LogP contribution in [-0.4, -0.2) is 53.2 Å². The SMILES string of the molecule is COCCOCCS(=O)C(C(=O)O)C(C)C. The molecular formula is C10H20O5S. The van der Waals surface area contributed by atoms with Gasteiger partial charge in [-0.1, -0.05) is 13.8 Å². The van der Waals surface area contributed by atoms with E-state index in [9.17, 15) is 9.00 Å². The summed E-state index contributed by atoms with van der Waals surface area (Å²) in [5.41, 5.74) is 0. The van der Waals surface area contributed by atoms with Gasteiger partial charge >= 0.3 is 5.97 Å². The summed E-state index contributed by atoms with van der Waals surface area (Å²) in [5, 5.41) is 8.09. The van der Waals surface area contributed by atoms with Crippen molar-refractivity contribution in [1.29, 1.82) is 0 Å².